The van der Waals surface area contributed by atoms with Gasteiger partial charge in [-0.3, -0.25) is 4.79 Å². The Morgan fingerprint density at radius 3 is 2.68 bits per heavy atom. The van der Waals surface area contributed by atoms with E-state index in [-0.39, 0.29) is 34.2 Å². The molecule has 0 aromatic heterocycles. The first-order chi connectivity index (χ1) is 13.5. The minimum atomic E-state index is -3.75. The van der Waals surface area contributed by atoms with Gasteiger partial charge in [0.2, 0.25) is 10.0 Å². The highest BCUT2D eigenvalue weighted by molar-refractivity contribution is 7.89. The van der Waals surface area contributed by atoms with Gasteiger partial charge in [-0.1, -0.05) is 18.2 Å². The zero-order valence-corrected chi connectivity index (χ0v) is 16.3. The van der Waals surface area contributed by atoms with E-state index in [9.17, 15) is 13.2 Å². The maximum Gasteiger partial charge on any atom is 0.251 e. The normalized spacial score (nSPS) is 18.7. The molecule has 28 heavy (non-hydrogen) atoms. The van der Waals surface area contributed by atoms with Crippen molar-refractivity contribution in [2.75, 3.05) is 13.7 Å². The van der Waals surface area contributed by atoms with Gasteiger partial charge in [-0.05, 0) is 37.1 Å². The van der Waals surface area contributed by atoms with Crippen LogP contribution in [0.5, 0.6) is 11.5 Å². The van der Waals surface area contributed by atoms with Crippen LogP contribution in [0.1, 0.15) is 41.2 Å². The number of carbonyl (C=O) groups is 1. The second-order valence-electron chi connectivity index (χ2n) is 6.96. The second kappa shape index (κ2) is 7.44. The molecule has 1 saturated carbocycles. The number of para-hydroxylation sites is 1. The molecule has 0 spiro atoms. The summed E-state index contributed by atoms with van der Waals surface area (Å²) in [6, 6.07) is 11.8. The van der Waals surface area contributed by atoms with Crippen molar-refractivity contribution in [1.29, 1.82) is 0 Å². The van der Waals surface area contributed by atoms with Gasteiger partial charge in [0.1, 0.15) is 16.4 Å². The van der Waals surface area contributed by atoms with Gasteiger partial charge >= 0.3 is 0 Å². The molecule has 1 atom stereocenters. The number of ether oxygens (including phenoxy) is 2. The molecule has 1 heterocycles. The molecule has 8 heteroatoms. The third-order valence-corrected chi connectivity index (χ3v) is 6.42. The average Bonchev–Trinajstić information content (AvgIpc) is 3.51. The Kier molecular flexibility index (Phi) is 4.99. The van der Waals surface area contributed by atoms with E-state index in [1.807, 2.05) is 24.3 Å². The van der Waals surface area contributed by atoms with Gasteiger partial charge in [-0.15, -0.1) is 0 Å². The van der Waals surface area contributed by atoms with Crippen LogP contribution >= 0.6 is 0 Å². The van der Waals surface area contributed by atoms with E-state index in [1.54, 1.807) is 6.07 Å². The Labute approximate surface area is 164 Å². The minimum Gasteiger partial charge on any atom is -0.495 e. The van der Waals surface area contributed by atoms with Crippen molar-refractivity contribution in [2.24, 2.45) is 0 Å². The van der Waals surface area contributed by atoms with Gasteiger partial charge < -0.3 is 14.8 Å². The number of amides is 1. The molecule has 2 N–H and O–H groups in total. The topological polar surface area (TPSA) is 93.7 Å². The van der Waals surface area contributed by atoms with E-state index < -0.39 is 10.0 Å². The smallest absolute Gasteiger partial charge is 0.251 e. The molecule has 1 amide bonds. The van der Waals surface area contributed by atoms with Crippen LogP contribution in [0.25, 0.3) is 0 Å². The van der Waals surface area contributed by atoms with E-state index in [1.165, 1.54) is 19.2 Å². The molecular formula is C20H22N2O5S. The molecule has 0 saturated heterocycles. The van der Waals surface area contributed by atoms with Gasteiger partial charge in [0.05, 0.1) is 19.8 Å². The molecule has 0 unspecified atom stereocenters. The summed E-state index contributed by atoms with van der Waals surface area (Å²) in [6.45, 7) is 0.509. The van der Waals surface area contributed by atoms with Crippen molar-refractivity contribution >= 4 is 15.9 Å². The van der Waals surface area contributed by atoms with Crippen LogP contribution < -0.4 is 19.5 Å². The SMILES string of the molecule is COc1ccc(C(=O)N[C@H]2CCOc3ccccc32)cc1S(=O)(=O)NC1CC1. The van der Waals surface area contributed by atoms with Gasteiger partial charge in [-0.2, -0.15) is 0 Å². The maximum absolute atomic E-state index is 12.8. The van der Waals surface area contributed by atoms with E-state index >= 15 is 0 Å². The molecule has 2 aromatic carbocycles. The summed E-state index contributed by atoms with van der Waals surface area (Å²) < 4.78 is 38.7. The highest BCUT2D eigenvalue weighted by Crippen LogP contribution is 2.32. The Balaban J connectivity index is 1.59. The summed E-state index contributed by atoms with van der Waals surface area (Å²) in [6.07, 6.45) is 2.29. The standard InChI is InChI=1S/C20H22N2O5S/c1-26-18-9-6-13(12-19(18)28(24,25)22-14-7-8-14)20(23)21-16-10-11-27-17-5-3-2-4-15(16)17/h2-6,9,12,14,16,22H,7-8,10-11H2,1H3,(H,21,23)/t16-/m0/s1. The van der Waals surface area contributed by atoms with E-state index in [2.05, 4.69) is 10.0 Å². The number of carbonyl (C=O) groups excluding carboxylic acids is 1. The van der Waals surface area contributed by atoms with Crippen LogP contribution in [-0.4, -0.2) is 34.1 Å². The molecule has 2 aromatic rings. The van der Waals surface area contributed by atoms with Crippen LogP contribution in [0.2, 0.25) is 0 Å². The number of nitrogens with one attached hydrogen (secondary N) is 2. The lowest BCUT2D eigenvalue weighted by atomic mass is 10.00. The fourth-order valence-electron chi connectivity index (χ4n) is 3.25. The molecule has 148 valence electrons. The Morgan fingerprint density at radius 1 is 1.14 bits per heavy atom. The molecule has 7 nitrogen and oxygen atoms in total. The van der Waals surface area contributed by atoms with Crippen LogP contribution in [0.4, 0.5) is 0 Å². The molecule has 0 bridgehead atoms. The van der Waals surface area contributed by atoms with E-state index in [0.717, 1.165) is 24.2 Å². The second-order valence-corrected chi connectivity index (χ2v) is 8.64. The first-order valence-corrected chi connectivity index (χ1v) is 10.7. The van der Waals surface area contributed by atoms with Crippen molar-refractivity contribution in [3.8, 4) is 11.5 Å². The first-order valence-electron chi connectivity index (χ1n) is 9.21. The van der Waals surface area contributed by atoms with Crippen LogP contribution in [0.15, 0.2) is 47.4 Å². The zero-order chi connectivity index (χ0) is 19.7. The molecule has 2 aliphatic rings. The lowest BCUT2D eigenvalue weighted by Crippen LogP contribution is -2.32. The van der Waals surface area contributed by atoms with Crippen molar-refractivity contribution in [3.63, 3.8) is 0 Å². The zero-order valence-electron chi connectivity index (χ0n) is 15.5. The predicted octanol–water partition coefficient (Wildman–Crippen LogP) is 2.39. The summed E-state index contributed by atoms with van der Waals surface area (Å²) >= 11 is 0. The Morgan fingerprint density at radius 2 is 1.93 bits per heavy atom. The minimum absolute atomic E-state index is 0.0260. The van der Waals surface area contributed by atoms with Crippen LogP contribution in [-0.2, 0) is 10.0 Å². The summed E-state index contributed by atoms with van der Waals surface area (Å²) in [7, 11) is -2.35. The summed E-state index contributed by atoms with van der Waals surface area (Å²) in [5.41, 5.74) is 1.18. The number of sulfonamides is 1. The van der Waals surface area contributed by atoms with Crippen LogP contribution in [0.3, 0.4) is 0 Å². The largest absolute Gasteiger partial charge is 0.495 e. The molecule has 4 rings (SSSR count). The fourth-order valence-corrected chi connectivity index (χ4v) is 4.75. The highest BCUT2D eigenvalue weighted by Gasteiger charge is 2.31. The van der Waals surface area contributed by atoms with Gasteiger partial charge in [0, 0.05) is 23.6 Å². The first kappa shape index (κ1) is 18.8. The van der Waals surface area contributed by atoms with Gasteiger partial charge in [0.25, 0.3) is 5.91 Å². The summed E-state index contributed by atoms with van der Waals surface area (Å²) in [5.74, 6) is 0.624. The number of hydrogen-bond acceptors (Lipinski definition) is 5. The Hall–Kier alpha value is -2.58. The summed E-state index contributed by atoms with van der Waals surface area (Å²) in [4.78, 5) is 12.8. The quantitative estimate of drug-likeness (QED) is 0.774. The van der Waals surface area contributed by atoms with Crippen molar-refractivity contribution < 1.29 is 22.7 Å². The summed E-state index contributed by atoms with van der Waals surface area (Å²) in [5, 5.41) is 2.99. The molecule has 0 radical (unpaired) electrons. The third kappa shape index (κ3) is 3.83. The molecule has 1 fully saturated rings. The maximum atomic E-state index is 12.8. The average molecular weight is 402 g/mol. The monoisotopic (exact) mass is 402 g/mol. The predicted molar refractivity (Wildman–Crippen MR) is 103 cm³/mol. The van der Waals surface area contributed by atoms with Gasteiger partial charge in [0.15, 0.2) is 0 Å². The molecule has 1 aliphatic heterocycles. The highest BCUT2D eigenvalue weighted by atomic mass is 32.2. The number of fused-ring (bicyclic) bond motifs is 1. The van der Waals surface area contributed by atoms with Gasteiger partial charge in [-0.25, -0.2) is 13.1 Å². The van der Waals surface area contributed by atoms with E-state index in [0.29, 0.717) is 13.0 Å². The number of hydrogen-bond donors (Lipinski definition) is 2. The van der Waals surface area contributed by atoms with E-state index in [4.69, 9.17) is 9.47 Å². The van der Waals surface area contributed by atoms with Crippen molar-refractivity contribution in [3.05, 3.63) is 53.6 Å². The Bertz CT molecular complexity index is 1000. The number of methoxy groups -OCH3 is 1. The molecular weight excluding hydrogens is 380 g/mol. The van der Waals surface area contributed by atoms with Crippen molar-refractivity contribution in [2.45, 2.75) is 36.2 Å². The number of rotatable bonds is 6. The lowest BCUT2D eigenvalue weighted by molar-refractivity contribution is 0.0924. The fraction of sp³-hybridized carbons (Fsp3) is 0.350. The third-order valence-electron chi connectivity index (χ3n) is 4.88. The lowest BCUT2D eigenvalue weighted by Gasteiger charge is -2.26. The molecule has 1 aliphatic carbocycles. The number of benzene rings is 2. The van der Waals surface area contributed by atoms with Crippen molar-refractivity contribution in [1.82, 2.24) is 10.0 Å². The van der Waals surface area contributed by atoms with Crippen LogP contribution in [0, 0.1) is 0 Å².